The molecule has 1 amide bonds. The number of carbonyl (C=O) groups is 1. The highest BCUT2D eigenvalue weighted by molar-refractivity contribution is 7.98. The minimum absolute atomic E-state index is 0.204. The first kappa shape index (κ1) is 15.1. The molecule has 0 unspecified atom stereocenters. The van der Waals surface area contributed by atoms with Crippen molar-refractivity contribution in [1.82, 2.24) is 10.4 Å². The van der Waals surface area contributed by atoms with E-state index >= 15 is 0 Å². The van der Waals surface area contributed by atoms with Crippen molar-refractivity contribution >= 4 is 17.7 Å². The predicted octanol–water partition coefficient (Wildman–Crippen LogP) is 3.61. The number of rotatable bonds is 6. The molecular formula is C18H20N2OS. The maximum Gasteiger partial charge on any atom is 0.236 e. The highest BCUT2D eigenvalue weighted by Crippen LogP contribution is 2.23. The number of thioether (sulfide) groups is 1. The van der Waals surface area contributed by atoms with Crippen LogP contribution in [0, 0.1) is 0 Å². The highest BCUT2D eigenvalue weighted by atomic mass is 32.2. The number of nitrogens with zero attached hydrogens (tertiary/aromatic N) is 1. The summed E-state index contributed by atoms with van der Waals surface area (Å²) >= 11 is 1.84. The van der Waals surface area contributed by atoms with Crippen molar-refractivity contribution in [3.8, 4) is 0 Å². The topological polar surface area (TPSA) is 32.3 Å². The quantitative estimate of drug-likeness (QED) is 0.827. The first-order valence-electron chi connectivity index (χ1n) is 7.61. The van der Waals surface area contributed by atoms with Gasteiger partial charge in [-0.05, 0) is 29.7 Å². The lowest BCUT2D eigenvalue weighted by Gasteiger charge is -2.16. The molecule has 0 atom stereocenters. The summed E-state index contributed by atoms with van der Waals surface area (Å²) in [5, 5.41) is 1.73. The third-order valence-corrected chi connectivity index (χ3v) is 4.80. The number of hydrogen-bond acceptors (Lipinski definition) is 3. The summed E-state index contributed by atoms with van der Waals surface area (Å²) in [6, 6.07) is 19.0. The summed E-state index contributed by atoms with van der Waals surface area (Å²) in [7, 11) is 0. The van der Waals surface area contributed by atoms with Crippen LogP contribution in [0.25, 0.3) is 0 Å². The Kier molecular flexibility index (Phi) is 5.14. The molecule has 1 saturated heterocycles. The Balaban J connectivity index is 1.48. The van der Waals surface area contributed by atoms with Crippen LogP contribution < -0.4 is 5.43 Å². The van der Waals surface area contributed by atoms with Crippen LogP contribution in [-0.4, -0.2) is 17.5 Å². The first-order valence-corrected chi connectivity index (χ1v) is 8.59. The Labute approximate surface area is 135 Å². The zero-order valence-corrected chi connectivity index (χ0v) is 13.3. The minimum atomic E-state index is 0.204. The highest BCUT2D eigenvalue weighted by Gasteiger charge is 2.19. The Hall–Kier alpha value is -1.78. The van der Waals surface area contributed by atoms with Crippen molar-refractivity contribution in [1.29, 1.82) is 0 Å². The van der Waals surface area contributed by atoms with Crippen molar-refractivity contribution in [2.45, 2.75) is 30.0 Å². The largest absolute Gasteiger partial charge is 0.278 e. The number of hydrazine groups is 1. The molecule has 2 aromatic rings. The van der Waals surface area contributed by atoms with Gasteiger partial charge in [0.2, 0.25) is 5.91 Å². The lowest BCUT2D eigenvalue weighted by atomic mass is 10.2. The molecule has 0 spiro atoms. The molecule has 0 radical (unpaired) electrons. The average Bonchev–Trinajstić information content (AvgIpc) is 2.98. The van der Waals surface area contributed by atoms with Crippen molar-refractivity contribution in [3.05, 3.63) is 65.7 Å². The molecule has 1 aliphatic heterocycles. The lowest BCUT2D eigenvalue weighted by Crippen LogP contribution is -2.38. The molecule has 3 rings (SSSR count). The Morgan fingerprint density at radius 1 is 1.00 bits per heavy atom. The minimum Gasteiger partial charge on any atom is -0.278 e. The van der Waals surface area contributed by atoms with Crippen LogP contribution in [0.2, 0.25) is 0 Å². The van der Waals surface area contributed by atoms with E-state index in [4.69, 9.17) is 0 Å². The van der Waals surface area contributed by atoms with Gasteiger partial charge in [0.25, 0.3) is 0 Å². The van der Waals surface area contributed by atoms with Gasteiger partial charge in [0.05, 0.1) is 0 Å². The normalized spacial score (nSPS) is 14.5. The van der Waals surface area contributed by atoms with Gasteiger partial charge in [-0.25, -0.2) is 5.43 Å². The van der Waals surface area contributed by atoms with Crippen molar-refractivity contribution in [3.63, 3.8) is 0 Å². The van der Waals surface area contributed by atoms with E-state index < -0.39 is 0 Å². The molecule has 22 heavy (non-hydrogen) atoms. The maximum absolute atomic E-state index is 11.5. The van der Waals surface area contributed by atoms with Crippen LogP contribution in [0.1, 0.15) is 24.0 Å². The summed E-state index contributed by atoms with van der Waals surface area (Å²) in [6.45, 7) is 1.53. The van der Waals surface area contributed by atoms with Gasteiger partial charge >= 0.3 is 0 Å². The van der Waals surface area contributed by atoms with Gasteiger partial charge in [-0.2, -0.15) is 0 Å². The molecule has 114 valence electrons. The third-order valence-electron chi connectivity index (χ3n) is 3.72. The fourth-order valence-electron chi connectivity index (χ4n) is 2.45. The van der Waals surface area contributed by atoms with Crippen LogP contribution in [0.15, 0.2) is 59.5 Å². The SMILES string of the molecule is O=C1CCCN1NCc1ccc(SCc2ccccc2)cc1. The Morgan fingerprint density at radius 3 is 2.45 bits per heavy atom. The van der Waals surface area contributed by atoms with E-state index in [-0.39, 0.29) is 5.91 Å². The molecule has 0 bridgehead atoms. The first-order chi connectivity index (χ1) is 10.8. The zero-order chi connectivity index (χ0) is 15.2. The second-order valence-corrected chi connectivity index (χ2v) is 6.45. The summed E-state index contributed by atoms with van der Waals surface area (Å²) in [6.07, 6.45) is 1.63. The van der Waals surface area contributed by atoms with Crippen LogP contribution in [0.4, 0.5) is 0 Å². The fourth-order valence-corrected chi connectivity index (χ4v) is 3.30. The molecule has 0 saturated carbocycles. The molecule has 4 heteroatoms. The second-order valence-electron chi connectivity index (χ2n) is 5.40. The van der Waals surface area contributed by atoms with Crippen LogP contribution in [0.5, 0.6) is 0 Å². The lowest BCUT2D eigenvalue weighted by molar-refractivity contribution is -0.130. The Bertz CT molecular complexity index is 613. The third kappa shape index (κ3) is 4.12. The molecule has 0 aliphatic carbocycles. The number of benzene rings is 2. The van der Waals surface area contributed by atoms with E-state index in [2.05, 4.69) is 54.0 Å². The zero-order valence-electron chi connectivity index (χ0n) is 12.5. The number of amides is 1. The second kappa shape index (κ2) is 7.47. The predicted molar refractivity (Wildman–Crippen MR) is 90.2 cm³/mol. The van der Waals surface area contributed by atoms with Crippen molar-refractivity contribution < 1.29 is 4.79 Å². The summed E-state index contributed by atoms with van der Waals surface area (Å²) in [5.41, 5.74) is 5.74. The van der Waals surface area contributed by atoms with Gasteiger partial charge in [-0.1, -0.05) is 42.5 Å². The standard InChI is InChI=1S/C18H20N2OS/c21-18-7-4-12-20(18)19-13-15-8-10-17(11-9-15)22-14-16-5-2-1-3-6-16/h1-3,5-6,8-11,19H,4,7,12-14H2. The van der Waals surface area contributed by atoms with Gasteiger partial charge in [-0.3, -0.25) is 9.80 Å². The summed E-state index contributed by atoms with van der Waals surface area (Å²) in [5.74, 6) is 1.19. The average molecular weight is 312 g/mol. The smallest absolute Gasteiger partial charge is 0.236 e. The summed E-state index contributed by atoms with van der Waals surface area (Å²) in [4.78, 5) is 12.8. The Morgan fingerprint density at radius 2 is 1.77 bits per heavy atom. The van der Waals surface area contributed by atoms with Gasteiger partial charge in [0.1, 0.15) is 0 Å². The molecule has 3 nitrogen and oxygen atoms in total. The molecular weight excluding hydrogens is 292 g/mol. The molecule has 1 heterocycles. The van der Waals surface area contributed by atoms with E-state index in [0.717, 1.165) is 18.7 Å². The fraction of sp³-hybridized carbons (Fsp3) is 0.278. The monoisotopic (exact) mass is 312 g/mol. The van der Waals surface area contributed by atoms with E-state index in [1.54, 1.807) is 5.01 Å². The maximum atomic E-state index is 11.5. The van der Waals surface area contributed by atoms with Crippen LogP contribution in [-0.2, 0) is 17.1 Å². The van der Waals surface area contributed by atoms with E-state index in [0.29, 0.717) is 13.0 Å². The van der Waals surface area contributed by atoms with Gasteiger partial charge in [-0.15, -0.1) is 11.8 Å². The van der Waals surface area contributed by atoms with Crippen molar-refractivity contribution in [2.75, 3.05) is 6.54 Å². The van der Waals surface area contributed by atoms with Crippen molar-refractivity contribution in [2.24, 2.45) is 0 Å². The van der Waals surface area contributed by atoms with Gasteiger partial charge in [0, 0.05) is 30.2 Å². The molecule has 0 aromatic heterocycles. The van der Waals surface area contributed by atoms with E-state index in [1.165, 1.54) is 16.0 Å². The van der Waals surface area contributed by atoms with Crippen LogP contribution >= 0.6 is 11.8 Å². The molecule has 1 N–H and O–H groups in total. The molecule has 2 aromatic carbocycles. The van der Waals surface area contributed by atoms with Gasteiger partial charge < -0.3 is 0 Å². The van der Waals surface area contributed by atoms with Gasteiger partial charge in [0.15, 0.2) is 0 Å². The van der Waals surface area contributed by atoms with Crippen LogP contribution in [0.3, 0.4) is 0 Å². The van der Waals surface area contributed by atoms with E-state index in [1.807, 2.05) is 17.8 Å². The summed E-state index contributed by atoms with van der Waals surface area (Å²) < 4.78 is 0. The molecule has 1 aliphatic rings. The number of carbonyl (C=O) groups excluding carboxylic acids is 1. The van der Waals surface area contributed by atoms with E-state index in [9.17, 15) is 4.79 Å². The molecule has 1 fully saturated rings. The number of nitrogens with one attached hydrogen (secondary N) is 1. The number of hydrogen-bond donors (Lipinski definition) is 1.